The highest BCUT2D eigenvalue weighted by atomic mass is 19.3. The molecule has 9 heteroatoms. The van der Waals surface area contributed by atoms with Gasteiger partial charge >= 0.3 is 0 Å². The normalized spacial score (nSPS) is 16.4. The summed E-state index contributed by atoms with van der Waals surface area (Å²) in [7, 11) is 6.13. The number of allylic oxidation sites excluding steroid dienone is 3. The van der Waals surface area contributed by atoms with Gasteiger partial charge < -0.3 is 15.7 Å². The number of phenols is 1. The van der Waals surface area contributed by atoms with Gasteiger partial charge in [0.25, 0.3) is 5.92 Å². The Morgan fingerprint density at radius 2 is 1.74 bits per heavy atom. The topological polar surface area (TPSA) is 86.1 Å². The summed E-state index contributed by atoms with van der Waals surface area (Å²) in [5, 5.41) is 16.7. The molecule has 0 spiro atoms. The van der Waals surface area contributed by atoms with Crippen molar-refractivity contribution in [1.82, 2.24) is 10.6 Å². The monoisotopic (exact) mass is 574 g/mol. The van der Waals surface area contributed by atoms with E-state index in [2.05, 4.69) is 22.2 Å². The third kappa shape index (κ3) is 7.06. The number of fused-ring (bicyclic) bond motifs is 1. The highest BCUT2D eigenvalue weighted by Gasteiger charge is 2.29. The van der Waals surface area contributed by atoms with Crippen LogP contribution in [0.15, 0.2) is 124 Å². The summed E-state index contributed by atoms with van der Waals surface area (Å²) in [4.78, 5) is 21.6. The Kier molecular flexibility index (Phi) is 8.81. The summed E-state index contributed by atoms with van der Waals surface area (Å²) in [5.74, 6) is -3.46. The molecule has 3 aromatic carbocycles. The molecule has 2 radical (unpaired) electrons. The Morgan fingerprint density at radius 1 is 1.05 bits per heavy atom. The van der Waals surface area contributed by atoms with E-state index in [0.717, 1.165) is 16.8 Å². The minimum Gasteiger partial charge on any atom is -0.507 e. The second kappa shape index (κ2) is 12.9. The van der Waals surface area contributed by atoms with Crippen molar-refractivity contribution >= 4 is 31.8 Å². The molecule has 0 saturated heterocycles. The maximum Gasteiger partial charge on any atom is 0.292 e. The van der Waals surface area contributed by atoms with Crippen LogP contribution in [0.3, 0.4) is 0 Å². The first-order valence-electron chi connectivity index (χ1n) is 13.7. The van der Waals surface area contributed by atoms with Crippen LogP contribution in [0.25, 0.3) is 6.08 Å². The molecule has 3 aromatic rings. The van der Waals surface area contributed by atoms with Gasteiger partial charge in [0.15, 0.2) is 0 Å². The molecular formula is C34H29BF2N4O2. The van der Waals surface area contributed by atoms with Gasteiger partial charge in [-0.2, -0.15) is 8.78 Å². The number of phenolic OH excluding ortho intramolecular Hbond substituents is 1. The lowest BCUT2D eigenvalue weighted by Gasteiger charge is -2.14. The number of benzene rings is 3. The first kappa shape index (κ1) is 29.4. The average Bonchev–Trinajstić information content (AvgIpc) is 3.24. The fourth-order valence-electron chi connectivity index (χ4n) is 4.79. The minimum atomic E-state index is -3.19. The van der Waals surface area contributed by atoms with Crippen LogP contribution in [0.5, 0.6) is 5.75 Å². The Morgan fingerprint density at radius 3 is 2.49 bits per heavy atom. The zero-order valence-corrected chi connectivity index (χ0v) is 23.3. The number of para-hydroxylation sites is 1. The van der Waals surface area contributed by atoms with Crippen LogP contribution in [0.1, 0.15) is 34.2 Å². The van der Waals surface area contributed by atoms with Crippen molar-refractivity contribution in [2.75, 3.05) is 0 Å². The van der Waals surface area contributed by atoms with Gasteiger partial charge in [-0.15, -0.1) is 0 Å². The van der Waals surface area contributed by atoms with Crippen molar-refractivity contribution in [1.29, 1.82) is 0 Å². The Labute approximate surface area is 250 Å². The summed E-state index contributed by atoms with van der Waals surface area (Å²) in [5.41, 5.74) is 5.26. The standard InChI is InChI=1S/C34H29BF2N4O2/c1-2-34(36,37)27-9-5-3-7-24(27)15-16-32(43)40-20-23-13-11-22(12-14-23)19-38-25-17-29(26-8-4-6-10-31(26)42)41-33-28(35)21-39-30(33)18-25/h2-17,21,30,38,42H,1,18-20H2,(H,40,43)/b16-15+. The molecule has 1 amide bonds. The number of halogens is 2. The molecule has 6 nitrogen and oxygen atoms in total. The molecule has 0 bridgehead atoms. The Bertz CT molecular complexity index is 1690. The number of aromatic hydroxyl groups is 1. The number of amides is 1. The molecule has 43 heavy (non-hydrogen) atoms. The van der Waals surface area contributed by atoms with Crippen LogP contribution in [-0.4, -0.2) is 36.8 Å². The lowest BCUT2D eigenvalue weighted by molar-refractivity contribution is -0.116. The summed E-state index contributed by atoms with van der Waals surface area (Å²) in [6, 6.07) is 20.6. The van der Waals surface area contributed by atoms with E-state index in [0.29, 0.717) is 41.5 Å². The minimum absolute atomic E-state index is 0.130. The van der Waals surface area contributed by atoms with Gasteiger partial charge in [0.05, 0.1) is 17.5 Å². The highest BCUT2D eigenvalue weighted by Crippen LogP contribution is 2.32. The molecule has 5 rings (SSSR count). The van der Waals surface area contributed by atoms with E-state index in [9.17, 15) is 18.7 Å². The molecule has 2 aliphatic heterocycles. The average molecular weight is 574 g/mol. The fourth-order valence-corrected chi connectivity index (χ4v) is 4.79. The largest absolute Gasteiger partial charge is 0.507 e. The number of hydrogen-bond acceptors (Lipinski definition) is 5. The third-order valence-electron chi connectivity index (χ3n) is 7.15. The van der Waals surface area contributed by atoms with Gasteiger partial charge in [0.2, 0.25) is 5.91 Å². The van der Waals surface area contributed by atoms with E-state index in [1.165, 1.54) is 30.4 Å². The van der Waals surface area contributed by atoms with E-state index in [4.69, 9.17) is 12.8 Å². The molecule has 3 N–H and O–H groups in total. The number of aliphatic imine (C=N–C) groups is 2. The van der Waals surface area contributed by atoms with Crippen LogP contribution >= 0.6 is 0 Å². The van der Waals surface area contributed by atoms with E-state index in [1.807, 2.05) is 42.5 Å². The number of nitrogens with zero attached hydrogens (tertiary/aromatic N) is 2. The number of carbonyl (C=O) groups is 1. The third-order valence-corrected chi connectivity index (χ3v) is 7.15. The van der Waals surface area contributed by atoms with Crippen LogP contribution in [0, 0.1) is 0 Å². The molecule has 2 aliphatic rings. The van der Waals surface area contributed by atoms with E-state index in [-0.39, 0.29) is 29.5 Å². The van der Waals surface area contributed by atoms with E-state index < -0.39 is 11.8 Å². The summed E-state index contributed by atoms with van der Waals surface area (Å²) in [6.07, 6.45) is 7.33. The summed E-state index contributed by atoms with van der Waals surface area (Å²) >= 11 is 0. The lowest BCUT2D eigenvalue weighted by atomic mass is 9.93. The Hall–Kier alpha value is -5.05. The molecular weight excluding hydrogens is 545 g/mol. The highest BCUT2D eigenvalue weighted by molar-refractivity contribution is 6.34. The number of hydrogen-bond donors (Lipinski definition) is 3. The van der Waals surface area contributed by atoms with Gasteiger partial charge in [-0.25, -0.2) is 0 Å². The van der Waals surface area contributed by atoms with Crippen molar-refractivity contribution in [2.45, 2.75) is 31.5 Å². The maximum atomic E-state index is 14.1. The second-order valence-electron chi connectivity index (χ2n) is 10.2. The van der Waals surface area contributed by atoms with Crippen molar-refractivity contribution < 1.29 is 18.7 Å². The van der Waals surface area contributed by atoms with Gasteiger partial charge in [-0.05, 0) is 47.1 Å². The molecule has 0 aromatic heterocycles. The van der Waals surface area contributed by atoms with Crippen LogP contribution in [0.2, 0.25) is 0 Å². The van der Waals surface area contributed by atoms with Crippen LogP contribution < -0.4 is 10.6 Å². The predicted octanol–water partition coefficient (Wildman–Crippen LogP) is 5.70. The van der Waals surface area contributed by atoms with Crippen molar-refractivity contribution in [3.05, 3.63) is 142 Å². The number of nitrogens with one attached hydrogen (secondary N) is 2. The SMILES string of the molecule is [B]C1=C2N=C(c3ccccc3O)C=C(NCc3ccc(CNC(=O)/C=C/c4ccccc4C(F)(F)C=C)cc3)CC2N=C1. The predicted molar refractivity (Wildman–Crippen MR) is 167 cm³/mol. The maximum absolute atomic E-state index is 14.1. The number of rotatable bonds is 10. The lowest BCUT2D eigenvalue weighted by Crippen LogP contribution is -2.20. The molecule has 2 heterocycles. The number of alkyl halides is 2. The van der Waals surface area contributed by atoms with Crippen LogP contribution in [-0.2, 0) is 23.8 Å². The second-order valence-corrected chi connectivity index (χ2v) is 10.2. The van der Waals surface area contributed by atoms with Crippen molar-refractivity contribution in [2.24, 2.45) is 9.98 Å². The molecule has 1 atom stereocenters. The zero-order chi connectivity index (χ0) is 30.4. The zero-order valence-electron chi connectivity index (χ0n) is 23.3. The fraction of sp³-hybridized carbons (Fsp3) is 0.147. The van der Waals surface area contributed by atoms with Gasteiger partial charge in [-0.1, -0.05) is 72.7 Å². The van der Waals surface area contributed by atoms with Gasteiger partial charge in [-0.3, -0.25) is 14.8 Å². The van der Waals surface area contributed by atoms with Crippen molar-refractivity contribution in [3.63, 3.8) is 0 Å². The number of carbonyl (C=O) groups excluding carboxylic acids is 1. The first-order chi connectivity index (χ1) is 20.7. The van der Waals surface area contributed by atoms with Gasteiger partial charge in [0, 0.05) is 48.6 Å². The molecule has 1 unspecified atom stereocenters. The first-order valence-corrected chi connectivity index (χ1v) is 13.7. The van der Waals surface area contributed by atoms with E-state index in [1.54, 1.807) is 24.4 Å². The molecule has 214 valence electrons. The Balaban J connectivity index is 1.19. The smallest absolute Gasteiger partial charge is 0.292 e. The summed E-state index contributed by atoms with van der Waals surface area (Å²) in [6.45, 7) is 4.02. The quantitative estimate of drug-likeness (QED) is 0.165. The van der Waals surface area contributed by atoms with Crippen molar-refractivity contribution in [3.8, 4) is 5.75 Å². The van der Waals surface area contributed by atoms with Crippen LogP contribution in [0.4, 0.5) is 8.78 Å². The molecule has 0 aliphatic carbocycles. The van der Waals surface area contributed by atoms with E-state index >= 15 is 0 Å². The van der Waals surface area contributed by atoms with Gasteiger partial charge in [0.1, 0.15) is 13.6 Å². The summed E-state index contributed by atoms with van der Waals surface area (Å²) < 4.78 is 28.3. The molecule has 0 saturated carbocycles. The molecule has 0 fully saturated rings.